The highest BCUT2D eigenvalue weighted by Gasteiger charge is 2.44. The van der Waals surface area contributed by atoms with Crippen molar-refractivity contribution in [2.45, 2.75) is 38.6 Å². The average molecular weight is 377 g/mol. The molecule has 1 spiro atoms. The van der Waals surface area contributed by atoms with Gasteiger partial charge < -0.3 is 14.7 Å². The monoisotopic (exact) mass is 376 g/mol. The second-order valence-electron chi connectivity index (χ2n) is 8.94. The fraction of sp³-hybridized carbons (Fsp3) is 0.727. The summed E-state index contributed by atoms with van der Waals surface area (Å²) in [6.45, 7) is 6.73. The number of nitrogens with zero attached hydrogens (tertiary/aromatic N) is 2. The van der Waals surface area contributed by atoms with Crippen LogP contribution in [0.4, 0.5) is 4.39 Å². The van der Waals surface area contributed by atoms with Crippen molar-refractivity contribution in [1.29, 1.82) is 0 Å². The Bertz CT molecular complexity index is 641. The van der Waals surface area contributed by atoms with Crippen molar-refractivity contribution >= 4 is 0 Å². The van der Waals surface area contributed by atoms with Crippen LogP contribution in [0, 0.1) is 23.1 Å². The second-order valence-corrected chi connectivity index (χ2v) is 8.94. The molecular weight excluding hydrogens is 343 g/mol. The Hall–Kier alpha value is -1.17. The Balaban J connectivity index is 1.35. The van der Waals surface area contributed by atoms with Gasteiger partial charge in [0, 0.05) is 32.2 Å². The van der Waals surface area contributed by atoms with Crippen molar-refractivity contribution in [1.82, 2.24) is 9.80 Å². The molecule has 3 aliphatic rings. The van der Waals surface area contributed by atoms with Crippen LogP contribution in [0.1, 0.15) is 37.7 Å². The minimum absolute atomic E-state index is 0.270. The maximum Gasteiger partial charge on any atom is 0.165 e. The number of aliphatic hydroxyl groups excluding tert-OH is 1. The predicted octanol–water partition coefficient (Wildman–Crippen LogP) is 3.14. The fourth-order valence-corrected chi connectivity index (χ4v) is 5.14. The lowest BCUT2D eigenvalue weighted by molar-refractivity contribution is -0.0442. The van der Waals surface area contributed by atoms with Crippen LogP contribution in [0.2, 0.25) is 0 Å². The summed E-state index contributed by atoms with van der Waals surface area (Å²) in [5.41, 5.74) is 1.38. The van der Waals surface area contributed by atoms with E-state index in [2.05, 4.69) is 9.80 Å². The van der Waals surface area contributed by atoms with Gasteiger partial charge in [-0.25, -0.2) is 4.39 Å². The Morgan fingerprint density at radius 3 is 2.48 bits per heavy atom. The smallest absolute Gasteiger partial charge is 0.165 e. The Kier molecular flexibility index (Phi) is 5.72. The van der Waals surface area contributed by atoms with Crippen molar-refractivity contribution in [2.75, 3.05) is 46.4 Å². The standard InChI is InChI=1S/C22H33FN2O2/c1-27-21-12-18(4-5-20(21)23)14-25-11-8-22(19(15-25)16-26)6-9-24(10-7-22)13-17-2-3-17/h4-5,12,17,19,26H,2-3,6-11,13-16H2,1H3/t19-/m0/s1. The van der Waals surface area contributed by atoms with Gasteiger partial charge in [-0.3, -0.25) is 4.90 Å². The summed E-state index contributed by atoms with van der Waals surface area (Å²) in [4.78, 5) is 5.06. The molecule has 0 bridgehead atoms. The van der Waals surface area contributed by atoms with E-state index in [4.69, 9.17) is 4.74 Å². The van der Waals surface area contributed by atoms with E-state index in [1.165, 1.54) is 58.5 Å². The zero-order chi connectivity index (χ0) is 18.9. The molecule has 0 amide bonds. The van der Waals surface area contributed by atoms with Gasteiger partial charge in [-0.1, -0.05) is 6.07 Å². The number of ether oxygens (including phenoxy) is 1. The lowest BCUT2D eigenvalue weighted by Gasteiger charge is -2.51. The third-order valence-electron chi connectivity index (χ3n) is 7.18. The summed E-state index contributed by atoms with van der Waals surface area (Å²) in [6, 6.07) is 5.12. The molecule has 1 aliphatic carbocycles. The lowest BCUT2D eigenvalue weighted by atomic mass is 9.64. The molecule has 4 nitrogen and oxygen atoms in total. The van der Waals surface area contributed by atoms with E-state index in [0.717, 1.165) is 37.5 Å². The molecule has 150 valence electrons. The second kappa shape index (κ2) is 8.06. The van der Waals surface area contributed by atoms with E-state index in [-0.39, 0.29) is 12.4 Å². The molecule has 5 heteroatoms. The number of hydrogen-bond acceptors (Lipinski definition) is 4. The summed E-state index contributed by atoms with van der Waals surface area (Å²) in [5.74, 6) is 1.30. The van der Waals surface area contributed by atoms with Crippen LogP contribution in [0.3, 0.4) is 0 Å². The normalized spacial score (nSPS) is 26.4. The third-order valence-corrected chi connectivity index (χ3v) is 7.18. The van der Waals surface area contributed by atoms with Gasteiger partial charge in [0.1, 0.15) is 0 Å². The molecule has 2 heterocycles. The molecule has 0 unspecified atom stereocenters. The first kappa shape index (κ1) is 19.2. The van der Waals surface area contributed by atoms with Crippen molar-refractivity contribution < 1.29 is 14.2 Å². The Morgan fingerprint density at radius 1 is 1.15 bits per heavy atom. The van der Waals surface area contributed by atoms with E-state index in [1.54, 1.807) is 6.07 Å². The van der Waals surface area contributed by atoms with Crippen molar-refractivity contribution in [3.63, 3.8) is 0 Å². The van der Waals surface area contributed by atoms with E-state index in [0.29, 0.717) is 17.1 Å². The summed E-state index contributed by atoms with van der Waals surface area (Å²) in [5, 5.41) is 10.1. The Morgan fingerprint density at radius 2 is 1.85 bits per heavy atom. The number of aliphatic hydroxyl groups is 1. The van der Waals surface area contributed by atoms with Crippen LogP contribution in [0.25, 0.3) is 0 Å². The summed E-state index contributed by atoms with van der Waals surface area (Å²) in [6.07, 6.45) is 6.45. The minimum Gasteiger partial charge on any atom is -0.494 e. The van der Waals surface area contributed by atoms with E-state index >= 15 is 0 Å². The van der Waals surface area contributed by atoms with Gasteiger partial charge in [0.2, 0.25) is 0 Å². The predicted molar refractivity (Wildman–Crippen MR) is 104 cm³/mol. The number of likely N-dealkylation sites (tertiary alicyclic amines) is 2. The van der Waals surface area contributed by atoms with Crippen LogP contribution >= 0.6 is 0 Å². The molecule has 1 aromatic rings. The van der Waals surface area contributed by atoms with Crippen LogP contribution in [0.15, 0.2) is 18.2 Å². The van der Waals surface area contributed by atoms with Crippen LogP contribution in [0.5, 0.6) is 5.75 Å². The number of benzene rings is 1. The number of rotatable bonds is 6. The minimum atomic E-state index is -0.315. The average Bonchev–Trinajstić information content (AvgIpc) is 3.51. The molecular formula is C22H33FN2O2. The molecule has 27 heavy (non-hydrogen) atoms. The first-order chi connectivity index (χ1) is 13.1. The maximum absolute atomic E-state index is 13.6. The summed E-state index contributed by atoms with van der Waals surface area (Å²) < 4.78 is 18.8. The highest BCUT2D eigenvalue weighted by molar-refractivity contribution is 5.30. The molecule has 1 saturated carbocycles. The molecule has 1 N–H and O–H groups in total. The zero-order valence-electron chi connectivity index (χ0n) is 16.5. The maximum atomic E-state index is 13.6. The van der Waals surface area contributed by atoms with Gasteiger partial charge >= 0.3 is 0 Å². The lowest BCUT2D eigenvalue weighted by Crippen LogP contribution is -2.53. The van der Waals surface area contributed by atoms with E-state index in [1.807, 2.05) is 6.07 Å². The van der Waals surface area contributed by atoms with Crippen LogP contribution in [-0.2, 0) is 6.54 Å². The molecule has 3 fully saturated rings. The number of halogens is 1. The van der Waals surface area contributed by atoms with Crippen molar-refractivity contribution in [3.05, 3.63) is 29.6 Å². The van der Waals surface area contributed by atoms with E-state index < -0.39 is 0 Å². The molecule has 1 aromatic carbocycles. The number of piperidine rings is 2. The van der Waals surface area contributed by atoms with Crippen molar-refractivity contribution in [3.8, 4) is 5.75 Å². The summed E-state index contributed by atoms with van der Waals surface area (Å²) in [7, 11) is 1.50. The largest absolute Gasteiger partial charge is 0.494 e. The highest BCUT2D eigenvalue weighted by atomic mass is 19.1. The summed E-state index contributed by atoms with van der Waals surface area (Å²) >= 11 is 0. The van der Waals surface area contributed by atoms with Gasteiger partial charge in [0.05, 0.1) is 7.11 Å². The van der Waals surface area contributed by atoms with Gasteiger partial charge in [0.25, 0.3) is 0 Å². The number of hydrogen-bond donors (Lipinski definition) is 1. The van der Waals surface area contributed by atoms with Crippen molar-refractivity contribution in [2.24, 2.45) is 17.3 Å². The first-order valence-corrected chi connectivity index (χ1v) is 10.5. The quantitative estimate of drug-likeness (QED) is 0.827. The SMILES string of the molecule is COc1cc(CN2CCC3(CCN(CC4CC4)CC3)[C@H](CO)C2)ccc1F. The number of methoxy groups -OCH3 is 1. The Labute approximate surface area is 162 Å². The van der Waals surface area contributed by atoms with Gasteiger partial charge in [-0.2, -0.15) is 0 Å². The molecule has 2 aliphatic heterocycles. The van der Waals surface area contributed by atoms with Crippen LogP contribution in [-0.4, -0.2) is 61.3 Å². The van der Waals surface area contributed by atoms with Crippen LogP contribution < -0.4 is 4.74 Å². The topological polar surface area (TPSA) is 35.9 Å². The zero-order valence-corrected chi connectivity index (χ0v) is 16.5. The molecule has 0 radical (unpaired) electrons. The first-order valence-electron chi connectivity index (χ1n) is 10.5. The van der Waals surface area contributed by atoms with Gasteiger partial charge in [-0.05, 0) is 80.8 Å². The third kappa shape index (κ3) is 4.30. The fourth-order valence-electron chi connectivity index (χ4n) is 5.14. The highest BCUT2D eigenvalue weighted by Crippen LogP contribution is 2.46. The molecule has 4 rings (SSSR count). The van der Waals surface area contributed by atoms with E-state index in [9.17, 15) is 9.50 Å². The molecule has 2 saturated heterocycles. The molecule has 0 aromatic heterocycles. The van der Waals surface area contributed by atoms with Gasteiger partial charge in [-0.15, -0.1) is 0 Å². The van der Waals surface area contributed by atoms with Gasteiger partial charge in [0.15, 0.2) is 11.6 Å². The molecule has 1 atom stereocenters.